The minimum atomic E-state index is -0.0958. The van der Waals surface area contributed by atoms with E-state index < -0.39 is 0 Å². The van der Waals surface area contributed by atoms with Crippen molar-refractivity contribution >= 4 is 17.5 Å². The number of nitrogens with one attached hydrogen (secondary N) is 1. The molecule has 0 radical (unpaired) electrons. The van der Waals surface area contributed by atoms with Gasteiger partial charge in [-0.05, 0) is 38.0 Å². The molecule has 0 saturated carbocycles. The number of amides is 1. The summed E-state index contributed by atoms with van der Waals surface area (Å²) >= 11 is 5.81. The molecule has 1 atom stereocenters. The molecule has 2 nitrogen and oxygen atoms in total. The third kappa shape index (κ3) is 2.15. The van der Waals surface area contributed by atoms with Crippen molar-refractivity contribution in [1.82, 2.24) is 5.32 Å². The van der Waals surface area contributed by atoms with Crippen LogP contribution in [0.1, 0.15) is 31.7 Å². The Labute approximate surface area is 94.6 Å². The van der Waals surface area contributed by atoms with Crippen LogP contribution in [0.25, 0.3) is 0 Å². The highest BCUT2D eigenvalue weighted by atomic mass is 35.5. The van der Waals surface area contributed by atoms with Gasteiger partial charge in [-0.15, -0.1) is 0 Å². The molecule has 1 saturated heterocycles. The predicted octanol–water partition coefficient (Wildman–Crippen LogP) is 2.72. The Morgan fingerprint density at radius 2 is 1.93 bits per heavy atom. The summed E-state index contributed by atoms with van der Waals surface area (Å²) in [6.45, 7) is 4.08. The normalized spacial score (nSPS) is 23.9. The van der Waals surface area contributed by atoms with Crippen LogP contribution in [-0.4, -0.2) is 11.4 Å². The van der Waals surface area contributed by atoms with Gasteiger partial charge in [0.1, 0.15) is 0 Å². The molecule has 0 aliphatic carbocycles. The topological polar surface area (TPSA) is 29.1 Å². The molecule has 80 valence electrons. The van der Waals surface area contributed by atoms with Gasteiger partial charge in [0.15, 0.2) is 0 Å². The summed E-state index contributed by atoms with van der Waals surface area (Å²) in [5, 5.41) is 3.69. The zero-order valence-electron chi connectivity index (χ0n) is 8.88. The van der Waals surface area contributed by atoms with Crippen LogP contribution < -0.4 is 5.32 Å². The highest BCUT2D eigenvalue weighted by Crippen LogP contribution is 2.32. The van der Waals surface area contributed by atoms with Crippen molar-refractivity contribution in [3.63, 3.8) is 0 Å². The maximum Gasteiger partial charge on any atom is 0.228 e. The van der Waals surface area contributed by atoms with Crippen molar-refractivity contribution in [1.29, 1.82) is 0 Å². The fourth-order valence-corrected chi connectivity index (χ4v) is 2.16. The van der Waals surface area contributed by atoms with E-state index in [0.29, 0.717) is 5.02 Å². The van der Waals surface area contributed by atoms with Gasteiger partial charge in [-0.25, -0.2) is 0 Å². The molecule has 2 rings (SSSR count). The summed E-state index contributed by atoms with van der Waals surface area (Å²) in [6, 6.07) is 7.51. The molecule has 0 aromatic heterocycles. The van der Waals surface area contributed by atoms with Crippen LogP contribution in [0, 0.1) is 0 Å². The lowest BCUT2D eigenvalue weighted by Gasteiger charge is -2.16. The Bertz CT molecular complexity index is 383. The maximum atomic E-state index is 11.7. The van der Waals surface area contributed by atoms with Crippen LogP contribution in [0.2, 0.25) is 5.02 Å². The number of benzene rings is 1. The monoisotopic (exact) mass is 223 g/mol. The van der Waals surface area contributed by atoms with E-state index in [0.717, 1.165) is 12.0 Å². The van der Waals surface area contributed by atoms with Crippen LogP contribution >= 0.6 is 11.6 Å². The average molecular weight is 224 g/mol. The first kappa shape index (κ1) is 10.5. The lowest BCUT2D eigenvalue weighted by molar-refractivity contribution is -0.120. The lowest BCUT2D eigenvalue weighted by Crippen LogP contribution is -2.34. The Morgan fingerprint density at radius 1 is 1.33 bits per heavy atom. The van der Waals surface area contributed by atoms with Gasteiger partial charge in [0.05, 0.1) is 5.92 Å². The van der Waals surface area contributed by atoms with Crippen molar-refractivity contribution < 1.29 is 4.79 Å². The van der Waals surface area contributed by atoms with E-state index in [4.69, 9.17) is 11.6 Å². The van der Waals surface area contributed by atoms with Crippen molar-refractivity contribution in [2.75, 3.05) is 0 Å². The molecule has 1 aromatic carbocycles. The number of rotatable bonds is 1. The van der Waals surface area contributed by atoms with Crippen molar-refractivity contribution in [3.05, 3.63) is 34.9 Å². The first-order valence-corrected chi connectivity index (χ1v) is 5.43. The van der Waals surface area contributed by atoms with Crippen molar-refractivity contribution in [2.24, 2.45) is 0 Å². The van der Waals surface area contributed by atoms with Crippen LogP contribution in [-0.2, 0) is 4.79 Å². The molecule has 0 bridgehead atoms. The van der Waals surface area contributed by atoms with E-state index in [2.05, 4.69) is 5.32 Å². The minimum absolute atomic E-state index is 0.0303. The maximum absolute atomic E-state index is 11.7. The van der Waals surface area contributed by atoms with Crippen LogP contribution in [0.3, 0.4) is 0 Å². The molecular weight excluding hydrogens is 210 g/mol. The molecule has 1 amide bonds. The van der Waals surface area contributed by atoms with Gasteiger partial charge in [-0.1, -0.05) is 23.7 Å². The molecule has 0 spiro atoms. The number of hydrogen-bond donors (Lipinski definition) is 1. The summed E-state index contributed by atoms with van der Waals surface area (Å²) in [4.78, 5) is 11.7. The van der Waals surface area contributed by atoms with Crippen LogP contribution in [0.5, 0.6) is 0 Å². The second kappa shape index (κ2) is 3.53. The third-order valence-corrected chi connectivity index (χ3v) is 3.02. The van der Waals surface area contributed by atoms with Gasteiger partial charge in [0.2, 0.25) is 5.91 Å². The Balaban J connectivity index is 2.25. The average Bonchev–Trinajstić information content (AvgIpc) is 2.41. The smallest absolute Gasteiger partial charge is 0.228 e. The molecule has 1 fully saturated rings. The number of halogens is 1. The summed E-state index contributed by atoms with van der Waals surface area (Å²) < 4.78 is 0. The van der Waals surface area contributed by atoms with Gasteiger partial charge in [-0.3, -0.25) is 4.79 Å². The fraction of sp³-hybridized carbons (Fsp3) is 0.417. The molecule has 3 heteroatoms. The van der Waals surface area contributed by atoms with Crippen LogP contribution in [0.15, 0.2) is 24.3 Å². The summed E-state index contributed by atoms with van der Waals surface area (Å²) in [5.74, 6) is 0.0830. The second-order valence-corrected chi connectivity index (χ2v) is 5.12. The third-order valence-electron chi connectivity index (χ3n) is 2.76. The van der Waals surface area contributed by atoms with Crippen molar-refractivity contribution in [2.45, 2.75) is 31.7 Å². The Kier molecular flexibility index (Phi) is 2.47. The second-order valence-electron chi connectivity index (χ2n) is 4.68. The summed E-state index contributed by atoms with van der Waals surface area (Å²) in [5.41, 5.74) is 0.948. The fourth-order valence-electron chi connectivity index (χ4n) is 2.04. The molecule has 1 aromatic rings. The van der Waals surface area contributed by atoms with E-state index in [1.54, 1.807) is 0 Å². The SMILES string of the molecule is CC1(C)CC(c2ccc(Cl)cc2)C(=O)N1. The predicted molar refractivity (Wildman–Crippen MR) is 61.0 cm³/mol. The first-order chi connectivity index (χ1) is 6.98. The van der Waals surface area contributed by atoms with Crippen LogP contribution in [0.4, 0.5) is 0 Å². The van der Waals surface area contributed by atoms with Gasteiger partial charge in [0, 0.05) is 10.6 Å². The molecule has 1 aliphatic rings. The highest BCUT2D eigenvalue weighted by molar-refractivity contribution is 6.30. The van der Waals surface area contributed by atoms with Crippen molar-refractivity contribution in [3.8, 4) is 0 Å². The highest BCUT2D eigenvalue weighted by Gasteiger charge is 2.37. The quantitative estimate of drug-likeness (QED) is 0.780. The molecule has 1 N–H and O–H groups in total. The van der Waals surface area contributed by atoms with E-state index >= 15 is 0 Å². The molecule has 15 heavy (non-hydrogen) atoms. The van der Waals surface area contributed by atoms with Gasteiger partial charge < -0.3 is 5.32 Å². The molecular formula is C12H14ClNO. The van der Waals surface area contributed by atoms with Gasteiger partial charge in [0.25, 0.3) is 0 Å². The Morgan fingerprint density at radius 3 is 2.40 bits per heavy atom. The summed E-state index contributed by atoms with van der Waals surface area (Å²) in [6.07, 6.45) is 0.841. The minimum Gasteiger partial charge on any atom is -0.351 e. The number of carbonyl (C=O) groups is 1. The standard InChI is InChI=1S/C12H14ClNO/c1-12(2)7-10(11(15)14-12)8-3-5-9(13)6-4-8/h3-6,10H,7H2,1-2H3,(H,14,15). The van der Waals surface area contributed by atoms with Gasteiger partial charge >= 0.3 is 0 Å². The van der Waals surface area contributed by atoms with E-state index in [-0.39, 0.29) is 17.4 Å². The molecule has 1 heterocycles. The lowest BCUT2D eigenvalue weighted by atomic mass is 9.91. The zero-order valence-corrected chi connectivity index (χ0v) is 9.64. The number of carbonyl (C=O) groups excluding carboxylic acids is 1. The zero-order chi connectivity index (χ0) is 11.1. The van der Waals surface area contributed by atoms with E-state index in [1.165, 1.54) is 0 Å². The largest absolute Gasteiger partial charge is 0.351 e. The van der Waals surface area contributed by atoms with E-state index in [1.807, 2.05) is 38.1 Å². The summed E-state index contributed by atoms with van der Waals surface area (Å²) in [7, 11) is 0. The molecule has 1 unspecified atom stereocenters. The molecule has 1 aliphatic heterocycles. The van der Waals surface area contributed by atoms with E-state index in [9.17, 15) is 4.79 Å². The van der Waals surface area contributed by atoms with Gasteiger partial charge in [-0.2, -0.15) is 0 Å². The Hall–Kier alpha value is -1.02. The first-order valence-electron chi connectivity index (χ1n) is 5.05. The number of hydrogen-bond acceptors (Lipinski definition) is 1.